The molecule has 0 unspecified atom stereocenters. The molecule has 0 saturated heterocycles. The van der Waals surface area contributed by atoms with E-state index in [1.165, 1.54) is 0 Å². The average Bonchev–Trinajstić information content (AvgIpc) is 2.18. The largest absolute Gasteiger partial charge is 0.399 e. The monoisotopic (exact) mass is 243 g/mol. The fourth-order valence-corrected chi connectivity index (χ4v) is 2.11. The molecule has 1 rings (SSSR count). The van der Waals surface area contributed by atoms with E-state index in [-0.39, 0.29) is 4.75 Å². The zero-order valence-electron chi connectivity index (χ0n) is 9.03. The van der Waals surface area contributed by atoms with E-state index >= 15 is 0 Å². The predicted octanol–water partition coefficient (Wildman–Crippen LogP) is 3.84. The normalized spacial score (nSPS) is 12.0. The van der Waals surface area contributed by atoms with Crippen LogP contribution in [0.25, 0.3) is 0 Å². The molecule has 0 amide bonds. The maximum atomic E-state index is 5.81. The van der Waals surface area contributed by atoms with E-state index in [1.807, 2.05) is 24.3 Å². The van der Waals surface area contributed by atoms with Crippen LogP contribution in [-0.2, 0) is 4.84 Å². The zero-order chi connectivity index (χ0) is 11.3. The molecule has 0 aliphatic heterocycles. The Balaban J connectivity index is 2.68. The summed E-state index contributed by atoms with van der Waals surface area (Å²) in [5.41, 5.74) is 0. The summed E-state index contributed by atoms with van der Waals surface area (Å²) in [6.45, 7) is 4.16. The molecule has 0 aliphatic rings. The number of thioether (sulfide) groups is 1. The van der Waals surface area contributed by atoms with Crippen molar-refractivity contribution in [3.63, 3.8) is 0 Å². The van der Waals surface area contributed by atoms with Gasteiger partial charge in [0.05, 0.1) is 11.0 Å². The molecule has 15 heavy (non-hydrogen) atoms. The molecule has 0 atom stereocenters. The Morgan fingerprint density at radius 1 is 1.33 bits per heavy atom. The first-order valence-corrected chi connectivity index (χ1v) is 5.75. The molecule has 0 radical (unpaired) electrons. The lowest BCUT2D eigenvalue weighted by Crippen LogP contribution is -2.16. The lowest BCUT2D eigenvalue weighted by molar-refractivity contribution is 0.214. The summed E-state index contributed by atoms with van der Waals surface area (Å²) in [5.74, 6) is 0. The SMILES string of the molecule is CO/N=C/C(C)(C)Sc1ccc(Cl)cc1. The Morgan fingerprint density at radius 2 is 1.93 bits per heavy atom. The van der Waals surface area contributed by atoms with E-state index in [4.69, 9.17) is 11.6 Å². The number of hydrogen-bond acceptors (Lipinski definition) is 3. The number of benzene rings is 1. The van der Waals surface area contributed by atoms with Crippen LogP contribution in [0.15, 0.2) is 34.3 Å². The molecule has 1 aromatic rings. The second-order valence-electron chi connectivity index (χ2n) is 3.58. The molecule has 1 aromatic carbocycles. The fraction of sp³-hybridized carbons (Fsp3) is 0.364. The van der Waals surface area contributed by atoms with E-state index in [0.29, 0.717) is 0 Å². The lowest BCUT2D eigenvalue weighted by Gasteiger charge is -2.17. The molecule has 0 fully saturated rings. The van der Waals surface area contributed by atoms with Crippen molar-refractivity contribution >= 4 is 29.6 Å². The predicted molar refractivity (Wildman–Crippen MR) is 66.9 cm³/mol. The Hall–Kier alpha value is -0.670. The molecular weight excluding hydrogens is 230 g/mol. The molecule has 0 saturated carbocycles. The number of rotatable bonds is 4. The van der Waals surface area contributed by atoms with Gasteiger partial charge >= 0.3 is 0 Å². The average molecular weight is 244 g/mol. The maximum Gasteiger partial charge on any atom is 0.106 e. The van der Waals surface area contributed by atoms with Crippen molar-refractivity contribution in [1.29, 1.82) is 0 Å². The standard InChI is InChI=1S/C11H14ClNOS/c1-11(2,8-13-14-3)15-10-6-4-9(12)5-7-10/h4-8H,1-3H3/b13-8+. The molecule has 82 valence electrons. The number of halogens is 1. The van der Waals surface area contributed by atoms with Crippen molar-refractivity contribution in [3.05, 3.63) is 29.3 Å². The van der Waals surface area contributed by atoms with Gasteiger partial charge in [0.25, 0.3) is 0 Å². The fourth-order valence-electron chi connectivity index (χ4n) is 1.01. The van der Waals surface area contributed by atoms with Crippen LogP contribution >= 0.6 is 23.4 Å². The molecule has 0 spiro atoms. The van der Waals surface area contributed by atoms with Gasteiger partial charge in [-0.15, -0.1) is 11.8 Å². The third-order valence-corrected chi connectivity index (χ3v) is 3.05. The van der Waals surface area contributed by atoms with E-state index in [9.17, 15) is 0 Å². The summed E-state index contributed by atoms with van der Waals surface area (Å²) in [6.07, 6.45) is 1.78. The van der Waals surface area contributed by atoms with Crippen molar-refractivity contribution in [2.75, 3.05) is 7.11 Å². The minimum Gasteiger partial charge on any atom is -0.399 e. The van der Waals surface area contributed by atoms with E-state index < -0.39 is 0 Å². The summed E-state index contributed by atoms with van der Waals surface area (Å²) < 4.78 is -0.0934. The molecule has 0 bridgehead atoms. The summed E-state index contributed by atoms with van der Waals surface area (Å²) in [5, 5.41) is 4.54. The molecule has 2 nitrogen and oxygen atoms in total. The van der Waals surface area contributed by atoms with Crippen molar-refractivity contribution in [2.24, 2.45) is 5.16 Å². The van der Waals surface area contributed by atoms with Crippen LogP contribution in [-0.4, -0.2) is 18.1 Å². The van der Waals surface area contributed by atoms with Gasteiger partial charge < -0.3 is 4.84 Å². The van der Waals surface area contributed by atoms with Crippen molar-refractivity contribution in [1.82, 2.24) is 0 Å². The summed E-state index contributed by atoms with van der Waals surface area (Å²) in [4.78, 5) is 5.83. The van der Waals surface area contributed by atoms with Gasteiger partial charge in [-0.3, -0.25) is 0 Å². The smallest absolute Gasteiger partial charge is 0.106 e. The molecule has 0 aromatic heterocycles. The molecule has 4 heteroatoms. The topological polar surface area (TPSA) is 21.6 Å². The second-order valence-corrected chi connectivity index (χ2v) is 5.74. The van der Waals surface area contributed by atoms with Gasteiger partial charge in [-0.05, 0) is 38.1 Å². The van der Waals surface area contributed by atoms with Crippen LogP contribution in [0, 0.1) is 0 Å². The Bertz CT molecular complexity index is 335. The number of hydrogen-bond donors (Lipinski definition) is 0. The number of oxime groups is 1. The van der Waals surface area contributed by atoms with Gasteiger partial charge in [-0.25, -0.2) is 0 Å². The van der Waals surface area contributed by atoms with Crippen LogP contribution < -0.4 is 0 Å². The summed E-state index contributed by atoms with van der Waals surface area (Å²) >= 11 is 7.52. The van der Waals surface area contributed by atoms with Gasteiger partial charge in [0.15, 0.2) is 0 Å². The highest BCUT2D eigenvalue weighted by Crippen LogP contribution is 2.31. The van der Waals surface area contributed by atoms with Crippen molar-refractivity contribution < 1.29 is 4.84 Å². The highest BCUT2D eigenvalue weighted by atomic mass is 35.5. The van der Waals surface area contributed by atoms with E-state index in [0.717, 1.165) is 9.92 Å². The van der Waals surface area contributed by atoms with Gasteiger partial charge in [0.2, 0.25) is 0 Å². The quantitative estimate of drug-likeness (QED) is 0.455. The van der Waals surface area contributed by atoms with Crippen LogP contribution in [0.2, 0.25) is 5.02 Å². The lowest BCUT2D eigenvalue weighted by atomic mass is 10.2. The second kappa shape index (κ2) is 5.42. The van der Waals surface area contributed by atoms with Gasteiger partial charge in [-0.2, -0.15) is 0 Å². The molecule has 0 N–H and O–H groups in total. The van der Waals surface area contributed by atoms with Crippen LogP contribution in [0.5, 0.6) is 0 Å². The van der Waals surface area contributed by atoms with Crippen LogP contribution in [0.4, 0.5) is 0 Å². The van der Waals surface area contributed by atoms with Crippen LogP contribution in [0.1, 0.15) is 13.8 Å². The third kappa shape index (κ3) is 4.58. The summed E-state index contributed by atoms with van der Waals surface area (Å²) in [6, 6.07) is 7.76. The molecule has 0 aliphatic carbocycles. The van der Waals surface area contributed by atoms with Gasteiger partial charge in [0, 0.05) is 9.92 Å². The molecular formula is C11H14ClNOS. The first-order valence-electron chi connectivity index (χ1n) is 4.56. The highest BCUT2D eigenvalue weighted by Gasteiger charge is 2.16. The first kappa shape index (κ1) is 12.4. The molecule has 0 heterocycles. The van der Waals surface area contributed by atoms with Crippen LogP contribution in [0.3, 0.4) is 0 Å². The minimum absolute atomic E-state index is 0.0934. The van der Waals surface area contributed by atoms with Crippen molar-refractivity contribution in [3.8, 4) is 0 Å². The Kier molecular flexibility index (Phi) is 4.48. The Labute approximate surface area is 99.6 Å². The van der Waals surface area contributed by atoms with E-state index in [1.54, 1.807) is 25.1 Å². The number of nitrogens with zero attached hydrogens (tertiary/aromatic N) is 1. The zero-order valence-corrected chi connectivity index (χ0v) is 10.6. The van der Waals surface area contributed by atoms with E-state index in [2.05, 4.69) is 23.8 Å². The van der Waals surface area contributed by atoms with Gasteiger partial charge in [0.1, 0.15) is 7.11 Å². The Morgan fingerprint density at radius 3 is 2.47 bits per heavy atom. The highest BCUT2D eigenvalue weighted by molar-refractivity contribution is 8.01. The van der Waals surface area contributed by atoms with Crippen molar-refractivity contribution in [2.45, 2.75) is 23.5 Å². The maximum absolute atomic E-state index is 5.81. The summed E-state index contributed by atoms with van der Waals surface area (Å²) in [7, 11) is 1.54. The van der Waals surface area contributed by atoms with Gasteiger partial charge in [-0.1, -0.05) is 16.8 Å². The third-order valence-electron chi connectivity index (χ3n) is 1.66. The minimum atomic E-state index is -0.0934. The first-order chi connectivity index (χ1) is 7.03.